The third kappa shape index (κ3) is 3.72. The van der Waals surface area contributed by atoms with E-state index in [-0.39, 0.29) is 10.7 Å². The summed E-state index contributed by atoms with van der Waals surface area (Å²) in [5, 5.41) is 2.36. The van der Waals surface area contributed by atoms with Gasteiger partial charge in [0.25, 0.3) is 0 Å². The van der Waals surface area contributed by atoms with Crippen LogP contribution in [0.5, 0.6) is 0 Å². The molecule has 2 aliphatic heterocycles. The first kappa shape index (κ1) is 17.0. The average Bonchev–Trinajstić information content (AvgIpc) is 2.64. The Labute approximate surface area is 153 Å². The SMILES string of the molecule is C/C=S(/c1ccccc1)N1CC2COCC(C1)N2Cc1ccccc1. The number of nitrogens with zero attached hydrogens (tertiary/aromatic N) is 2. The maximum absolute atomic E-state index is 5.90. The lowest BCUT2D eigenvalue weighted by Crippen LogP contribution is -2.63. The van der Waals surface area contributed by atoms with Gasteiger partial charge in [0.1, 0.15) is 0 Å². The second-order valence-electron chi connectivity index (χ2n) is 6.71. The number of fused-ring (bicyclic) bond motifs is 2. The summed E-state index contributed by atoms with van der Waals surface area (Å²) in [5.41, 5.74) is 1.40. The zero-order valence-corrected chi connectivity index (χ0v) is 15.6. The summed E-state index contributed by atoms with van der Waals surface area (Å²) in [7, 11) is 0.0743. The highest BCUT2D eigenvalue weighted by atomic mass is 32.2. The van der Waals surface area contributed by atoms with Crippen LogP contribution in [0, 0.1) is 0 Å². The van der Waals surface area contributed by atoms with Gasteiger partial charge in [0, 0.05) is 36.6 Å². The lowest BCUT2D eigenvalue weighted by atomic mass is 10.0. The Morgan fingerprint density at radius 2 is 1.56 bits per heavy atom. The van der Waals surface area contributed by atoms with Gasteiger partial charge in [0.2, 0.25) is 0 Å². The van der Waals surface area contributed by atoms with Crippen LogP contribution in [-0.2, 0) is 11.3 Å². The smallest absolute Gasteiger partial charge is 0.0635 e. The Balaban J connectivity index is 1.53. The highest BCUT2D eigenvalue weighted by Crippen LogP contribution is 2.35. The highest BCUT2D eigenvalue weighted by molar-refractivity contribution is 8.13. The van der Waals surface area contributed by atoms with Crippen LogP contribution in [0.4, 0.5) is 0 Å². The molecule has 25 heavy (non-hydrogen) atoms. The van der Waals surface area contributed by atoms with Crippen LogP contribution in [0.15, 0.2) is 65.6 Å². The van der Waals surface area contributed by atoms with Crippen molar-refractivity contribution in [2.24, 2.45) is 0 Å². The van der Waals surface area contributed by atoms with Crippen LogP contribution in [0.2, 0.25) is 0 Å². The standard InChI is InChI=1S/C21H26N2OS/c1-2-25(21-11-7-4-8-12-21)22-14-19-16-24-17-20(15-22)23(19)13-18-9-5-3-6-10-18/h2-12,19-20H,13-17H2,1H3. The second-order valence-corrected chi connectivity index (χ2v) is 8.80. The molecule has 0 N–H and O–H groups in total. The number of ether oxygens (including phenoxy) is 1. The fraction of sp³-hybridized carbons (Fsp3) is 0.381. The molecule has 0 aliphatic carbocycles. The molecule has 0 aromatic heterocycles. The van der Waals surface area contributed by atoms with Gasteiger partial charge in [-0.05, 0) is 30.0 Å². The Bertz CT molecular complexity index is 705. The van der Waals surface area contributed by atoms with Gasteiger partial charge in [0.15, 0.2) is 0 Å². The summed E-state index contributed by atoms with van der Waals surface area (Å²) in [5.74, 6) is 0. The predicted molar refractivity (Wildman–Crippen MR) is 106 cm³/mol. The van der Waals surface area contributed by atoms with Gasteiger partial charge in [-0.2, -0.15) is 0 Å². The van der Waals surface area contributed by atoms with Crippen LogP contribution in [0.1, 0.15) is 12.5 Å². The largest absolute Gasteiger partial charge is 0.378 e. The van der Waals surface area contributed by atoms with Gasteiger partial charge in [-0.1, -0.05) is 59.2 Å². The molecule has 0 spiro atoms. The molecule has 3 nitrogen and oxygen atoms in total. The summed E-state index contributed by atoms with van der Waals surface area (Å²) in [6.07, 6.45) is 0. The van der Waals surface area contributed by atoms with E-state index < -0.39 is 0 Å². The van der Waals surface area contributed by atoms with Crippen molar-refractivity contribution in [3.63, 3.8) is 0 Å². The number of benzene rings is 2. The fourth-order valence-electron chi connectivity index (χ4n) is 3.90. The molecule has 4 heteroatoms. The fourth-order valence-corrected chi connectivity index (χ4v) is 5.87. The summed E-state index contributed by atoms with van der Waals surface area (Å²) >= 11 is 0. The quantitative estimate of drug-likeness (QED) is 0.780. The maximum atomic E-state index is 5.90. The molecule has 3 atom stereocenters. The van der Waals surface area contributed by atoms with E-state index in [0.29, 0.717) is 12.1 Å². The van der Waals surface area contributed by atoms with Gasteiger partial charge in [-0.3, -0.25) is 4.90 Å². The maximum Gasteiger partial charge on any atom is 0.0635 e. The first-order valence-electron chi connectivity index (χ1n) is 9.05. The van der Waals surface area contributed by atoms with E-state index in [0.717, 1.165) is 32.8 Å². The molecular formula is C21H26N2OS. The monoisotopic (exact) mass is 354 g/mol. The van der Waals surface area contributed by atoms with Crippen molar-refractivity contribution in [2.45, 2.75) is 30.4 Å². The van der Waals surface area contributed by atoms with Gasteiger partial charge < -0.3 is 4.74 Å². The molecule has 2 saturated heterocycles. The van der Waals surface area contributed by atoms with E-state index in [4.69, 9.17) is 4.74 Å². The molecule has 2 aromatic rings. The van der Waals surface area contributed by atoms with Gasteiger partial charge >= 0.3 is 0 Å². The Morgan fingerprint density at radius 1 is 0.960 bits per heavy atom. The Hall–Kier alpha value is -1.46. The number of rotatable bonds is 4. The minimum absolute atomic E-state index is 0.0743. The summed E-state index contributed by atoms with van der Waals surface area (Å²) < 4.78 is 8.56. The molecule has 0 radical (unpaired) electrons. The van der Waals surface area contributed by atoms with Crippen LogP contribution in [-0.4, -0.2) is 53.0 Å². The molecule has 2 bridgehead atoms. The van der Waals surface area contributed by atoms with Crippen molar-refractivity contribution in [3.8, 4) is 0 Å². The second kappa shape index (κ2) is 7.83. The summed E-state index contributed by atoms with van der Waals surface area (Å²) in [6, 6.07) is 22.7. The first-order valence-corrected chi connectivity index (χ1v) is 10.3. The Kier molecular flexibility index (Phi) is 5.32. The number of hydrogen-bond donors (Lipinski definition) is 0. The predicted octanol–water partition coefficient (Wildman–Crippen LogP) is 3.64. The van der Waals surface area contributed by atoms with Crippen LogP contribution in [0.25, 0.3) is 0 Å². The molecule has 2 heterocycles. The van der Waals surface area contributed by atoms with E-state index in [2.05, 4.69) is 82.2 Å². The molecule has 4 rings (SSSR count). The van der Waals surface area contributed by atoms with Crippen molar-refractivity contribution in [2.75, 3.05) is 26.3 Å². The van der Waals surface area contributed by atoms with Gasteiger partial charge in [0.05, 0.1) is 13.2 Å². The van der Waals surface area contributed by atoms with Crippen LogP contribution >= 0.6 is 10.7 Å². The van der Waals surface area contributed by atoms with Crippen LogP contribution in [0.3, 0.4) is 0 Å². The normalized spacial score (nSPS) is 25.8. The topological polar surface area (TPSA) is 15.7 Å². The third-order valence-corrected chi connectivity index (χ3v) is 7.14. The minimum atomic E-state index is 0.0743. The van der Waals surface area contributed by atoms with Crippen molar-refractivity contribution in [1.82, 2.24) is 9.21 Å². The van der Waals surface area contributed by atoms with E-state index in [1.807, 2.05) is 0 Å². The minimum Gasteiger partial charge on any atom is -0.378 e. The van der Waals surface area contributed by atoms with Gasteiger partial charge in [-0.15, -0.1) is 0 Å². The molecule has 3 unspecified atom stereocenters. The summed E-state index contributed by atoms with van der Waals surface area (Å²) in [6.45, 7) is 7.06. The van der Waals surface area contributed by atoms with Crippen molar-refractivity contribution >= 4 is 16.0 Å². The van der Waals surface area contributed by atoms with E-state index in [1.165, 1.54) is 10.5 Å². The number of piperazine rings is 1. The molecule has 2 aromatic carbocycles. The lowest BCUT2D eigenvalue weighted by Gasteiger charge is -2.50. The number of hydrogen-bond acceptors (Lipinski definition) is 3. The molecular weight excluding hydrogens is 328 g/mol. The van der Waals surface area contributed by atoms with Crippen LogP contribution < -0.4 is 0 Å². The molecule has 0 saturated carbocycles. The van der Waals surface area contributed by atoms with Gasteiger partial charge in [-0.25, -0.2) is 4.31 Å². The third-order valence-electron chi connectivity index (χ3n) is 5.08. The molecule has 2 aliphatic rings. The molecule has 0 amide bonds. The Morgan fingerprint density at radius 3 is 2.16 bits per heavy atom. The summed E-state index contributed by atoms with van der Waals surface area (Å²) in [4.78, 5) is 4.08. The zero-order valence-electron chi connectivity index (χ0n) is 14.8. The molecule has 2 fully saturated rings. The number of morpholine rings is 1. The lowest BCUT2D eigenvalue weighted by molar-refractivity contribution is -0.0844. The van der Waals surface area contributed by atoms with E-state index >= 15 is 0 Å². The highest BCUT2D eigenvalue weighted by Gasteiger charge is 2.38. The average molecular weight is 355 g/mol. The van der Waals surface area contributed by atoms with E-state index in [9.17, 15) is 0 Å². The first-order chi connectivity index (χ1) is 12.3. The zero-order chi connectivity index (χ0) is 17.1. The van der Waals surface area contributed by atoms with E-state index in [1.54, 1.807) is 0 Å². The van der Waals surface area contributed by atoms with Crippen molar-refractivity contribution in [1.29, 1.82) is 0 Å². The van der Waals surface area contributed by atoms with Crippen molar-refractivity contribution in [3.05, 3.63) is 66.2 Å². The van der Waals surface area contributed by atoms with Crippen molar-refractivity contribution < 1.29 is 4.74 Å². The molecule has 132 valence electrons.